The lowest BCUT2D eigenvalue weighted by molar-refractivity contribution is -0.136. The van der Waals surface area contributed by atoms with Crippen molar-refractivity contribution < 1.29 is 14.7 Å². The first kappa shape index (κ1) is 25.4. The molecule has 0 aliphatic rings. The molecule has 1 heterocycles. The fraction of sp³-hybridized carbons (Fsp3) is 0.462. The van der Waals surface area contributed by atoms with Gasteiger partial charge in [-0.1, -0.05) is 68.4 Å². The molecule has 164 valence electrons. The molecule has 0 saturated heterocycles. The van der Waals surface area contributed by atoms with Crippen LogP contribution < -0.4 is 0 Å². The second kappa shape index (κ2) is 17.3. The SMILES string of the molecule is CCCCCC=CCC=CCC=CCC=CCCCC(=O)n1ccc(CC(=O)O)c1. The number of carboxylic acid groups (broad SMARTS) is 1. The molecule has 0 amide bonds. The fourth-order valence-corrected chi connectivity index (χ4v) is 2.94. The maximum absolute atomic E-state index is 12.1. The van der Waals surface area contributed by atoms with Crippen LogP contribution in [0.5, 0.6) is 0 Å². The zero-order valence-electron chi connectivity index (χ0n) is 18.3. The zero-order chi connectivity index (χ0) is 21.9. The molecule has 0 unspecified atom stereocenters. The highest BCUT2D eigenvalue weighted by molar-refractivity contribution is 5.79. The molecule has 1 aromatic heterocycles. The second-order valence-corrected chi connectivity index (χ2v) is 7.37. The van der Waals surface area contributed by atoms with Gasteiger partial charge in [-0.15, -0.1) is 0 Å². The first-order valence-corrected chi connectivity index (χ1v) is 11.1. The van der Waals surface area contributed by atoms with Crippen molar-refractivity contribution in [2.75, 3.05) is 0 Å². The van der Waals surface area contributed by atoms with Crippen molar-refractivity contribution in [1.82, 2.24) is 4.57 Å². The number of carbonyl (C=O) groups is 2. The number of nitrogens with zero attached hydrogens (tertiary/aromatic N) is 1. The van der Waals surface area contributed by atoms with E-state index in [4.69, 9.17) is 5.11 Å². The summed E-state index contributed by atoms with van der Waals surface area (Å²) < 4.78 is 1.49. The number of carboxylic acids is 1. The Kier molecular flexibility index (Phi) is 14.6. The molecule has 4 nitrogen and oxygen atoms in total. The smallest absolute Gasteiger partial charge is 0.307 e. The lowest BCUT2D eigenvalue weighted by atomic mass is 10.2. The highest BCUT2D eigenvalue weighted by Gasteiger charge is 2.07. The summed E-state index contributed by atoms with van der Waals surface area (Å²) in [6.07, 6.45) is 30.8. The van der Waals surface area contributed by atoms with Crippen molar-refractivity contribution in [2.24, 2.45) is 0 Å². The quantitative estimate of drug-likeness (QED) is 0.238. The molecule has 1 N–H and O–H groups in total. The van der Waals surface area contributed by atoms with Crippen LogP contribution in [-0.4, -0.2) is 21.6 Å². The molecule has 4 heteroatoms. The Hall–Kier alpha value is -2.62. The summed E-state index contributed by atoms with van der Waals surface area (Å²) >= 11 is 0. The Morgan fingerprint density at radius 1 is 0.867 bits per heavy atom. The predicted octanol–water partition coefficient (Wildman–Crippen LogP) is 6.90. The molecule has 30 heavy (non-hydrogen) atoms. The Balaban J connectivity index is 2.04. The molecule has 0 spiro atoms. The minimum absolute atomic E-state index is 0.00234. The topological polar surface area (TPSA) is 59.3 Å². The van der Waals surface area contributed by atoms with E-state index >= 15 is 0 Å². The van der Waals surface area contributed by atoms with Gasteiger partial charge < -0.3 is 5.11 Å². The average Bonchev–Trinajstić information content (AvgIpc) is 3.18. The van der Waals surface area contributed by atoms with Gasteiger partial charge in [0.25, 0.3) is 0 Å². The van der Waals surface area contributed by atoms with Crippen LogP contribution in [0.25, 0.3) is 0 Å². The van der Waals surface area contributed by atoms with Gasteiger partial charge in [-0.05, 0) is 56.6 Å². The highest BCUT2D eigenvalue weighted by Crippen LogP contribution is 2.06. The normalized spacial score (nSPS) is 12.2. The third-order valence-electron chi connectivity index (χ3n) is 4.62. The van der Waals surface area contributed by atoms with E-state index in [1.165, 1.54) is 30.3 Å². The monoisotopic (exact) mass is 411 g/mol. The van der Waals surface area contributed by atoms with Crippen molar-refractivity contribution in [2.45, 2.75) is 77.6 Å². The van der Waals surface area contributed by atoms with Crippen molar-refractivity contribution in [3.05, 3.63) is 72.6 Å². The number of rotatable bonds is 16. The molecule has 0 radical (unpaired) electrons. The Labute approximate surface area is 181 Å². The predicted molar refractivity (Wildman–Crippen MR) is 125 cm³/mol. The molecule has 0 aromatic carbocycles. The largest absolute Gasteiger partial charge is 0.481 e. The molecular formula is C26H37NO3. The van der Waals surface area contributed by atoms with Crippen molar-refractivity contribution in [3.8, 4) is 0 Å². The van der Waals surface area contributed by atoms with Crippen LogP contribution in [0.1, 0.15) is 81.5 Å². The summed E-state index contributed by atoms with van der Waals surface area (Å²) in [7, 11) is 0. The molecule has 0 saturated carbocycles. The molecule has 0 aliphatic carbocycles. The van der Waals surface area contributed by atoms with Crippen molar-refractivity contribution >= 4 is 11.9 Å². The zero-order valence-corrected chi connectivity index (χ0v) is 18.3. The second-order valence-electron chi connectivity index (χ2n) is 7.37. The maximum Gasteiger partial charge on any atom is 0.307 e. The van der Waals surface area contributed by atoms with E-state index in [0.29, 0.717) is 12.0 Å². The number of hydrogen-bond donors (Lipinski definition) is 1. The van der Waals surface area contributed by atoms with Gasteiger partial charge in [-0.25, -0.2) is 0 Å². The summed E-state index contributed by atoms with van der Waals surface area (Å²) in [5.41, 5.74) is 0.649. The van der Waals surface area contributed by atoms with E-state index in [-0.39, 0.29) is 12.3 Å². The first-order valence-electron chi connectivity index (χ1n) is 11.1. The van der Waals surface area contributed by atoms with Crippen LogP contribution >= 0.6 is 0 Å². The Bertz CT molecular complexity index is 722. The van der Waals surface area contributed by atoms with Gasteiger partial charge in [0, 0.05) is 18.8 Å². The summed E-state index contributed by atoms with van der Waals surface area (Å²) in [4.78, 5) is 22.8. The van der Waals surface area contributed by atoms with E-state index in [9.17, 15) is 9.59 Å². The fourth-order valence-electron chi connectivity index (χ4n) is 2.94. The first-order chi connectivity index (χ1) is 14.6. The lowest BCUT2D eigenvalue weighted by Gasteiger charge is -2.00. The van der Waals surface area contributed by atoms with Crippen LogP contribution in [0.15, 0.2) is 67.1 Å². The van der Waals surface area contributed by atoms with Gasteiger partial charge in [0.1, 0.15) is 0 Å². The standard InChI is InChI=1S/C26H37NO3/c1-2-3-4-5-6-7-8-9-10-11-12-13-14-15-16-17-18-19-25(28)27-21-20-24(23-27)22-26(29)30/h6-7,9-10,12-13,15-16,20-21,23H,2-5,8,11,14,17-19,22H2,1H3,(H,29,30). The Morgan fingerprint density at radius 2 is 1.43 bits per heavy atom. The van der Waals surface area contributed by atoms with E-state index in [1.54, 1.807) is 18.5 Å². The van der Waals surface area contributed by atoms with Gasteiger partial charge in [-0.3, -0.25) is 14.2 Å². The van der Waals surface area contributed by atoms with Gasteiger partial charge in [-0.2, -0.15) is 0 Å². The van der Waals surface area contributed by atoms with Crippen LogP contribution in [0.2, 0.25) is 0 Å². The van der Waals surface area contributed by atoms with Crippen molar-refractivity contribution in [3.63, 3.8) is 0 Å². The van der Waals surface area contributed by atoms with Gasteiger partial charge >= 0.3 is 5.97 Å². The molecular weight excluding hydrogens is 374 g/mol. The average molecular weight is 412 g/mol. The number of allylic oxidation sites excluding steroid dienone is 8. The van der Waals surface area contributed by atoms with Crippen LogP contribution in [0.3, 0.4) is 0 Å². The van der Waals surface area contributed by atoms with Gasteiger partial charge in [0.15, 0.2) is 0 Å². The minimum atomic E-state index is -0.888. The molecule has 0 fully saturated rings. The lowest BCUT2D eigenvalue weighted by Crippen LogP contribution is -2.07. The minimum Gasteiger partial charge on any atom is -0.481 e. The van der Waals surface area contributed by atoms with E-state index in [2.05, 4.69) is 55.5 Å². The van der Waals surface area contributed by atoms with E-state index in [1.807, 2.05) is 0 Å². The summed E-state index contributed by atoms with van der Waals surface area (Å²) in [5.74, 6) is -0.886. The summed E-state index contributed by atoms with van der Waals surface area (Å²) in [6.45, 7) is 2.23. The number of aliphatic carboxylic acids is 1. The number of hydrogen-bond acceptors (Lipinski definition) is 2. The number of carbonyl (C=O) groups excluding carboxylic acids is 1. The van der Waals surface area contributed by atoms with Crippen LogP contribution in [0, 0.1) is 0 Å². The van der Waals surface area contributed by atoms with E-state index in [0.717, 1.165) is 32.1 Å². The highest BCUT2D eigenvalue weighted by atomic mass is 16.4. The number of aromatic nitrogens is 1. The van der Waals surface area contributed by atoms with Gasteiger partial charge in [0.05, 0.1) is 6.42 Å². The molecule has 1 aromatic rings. The third-order valence-corrected chi connectivity index (χ3v) is 4.62. The summed E-state index contributed by atoms with van der Waals surface area (Å²) in [5, 5.41) is 8.77. The van der Waals surface area contributed by atoms with Crippen LogP contribution in [0.4, 0.5) is 0 Å². The maximum atomic E-state index is 12.1. The molecule has 0 aliphatic heterocycles. The summed E-state index contributed by atoms with van der Waals surface area (Å²) in [6, 6.07) is 1.68. The molecule has 0 bridgehead atoms. The van der Waals surface area contributed by atoms with Crippen molar-refractivity contribution in [1.29, 1.82) is 0 Å². The third kappa shape index (κ3) is 13.5. The molecule has 1 rings (SSSR count). The molecule has 0 atom stereocenters. The van der Waals surface area contributed by atoms with Gasteiger partial charge in [0.2, 0.25) is 5.91 Å². The Morgan fingerprint density at radius 3 is 2.00 bits per heavy atom. The van der Waals surface area contributed by atoms with E-state index < -0.39 is 5.97 Å². The number of unbranched alkanes of at least 4 members (excludes halogenated alkanes) is 4. The van der Waals surface area contributed by atoms with Crippen LogP contribution in [-0.2, 0) is 11.2 Å².